The molecule has 0 saturated carbocycles. The molecule has 0 unspecified atom stereocenters. The van der Waals surface area contributed by atoms with E-state index in [1.807, 2.05) is 0 Å². The average Bonchev–Trinajstić information content (AvgIpc) is 2.84. The second-order valence-electron chi connectivity index (χ2n) is 3.49. The molecule has 0 amide bonds. The van der Waals surface area contributed by atoms with Gasteiger partial charge in [-0.2, -0.15) is 0 Å². The van der Waals surface area contributed by atoms with Crippen LogP contribution in [0.25, 0.3) is 0 Å². The molecule has 17 heavy (non-hydrogen) atoms. The molecule has 1 heterocycles. The molecule has 0 aliphatic heterocycles. The summed E-state index contributed by atoms with van der Waals surface area (Å²) < 4.78 is 24.1. The first-order valence-corrected chi connectivity index (χ1v) is 5.14. The lowest BCUT2D eigenvalue weighted by molar-refractivity contribution is 0.336. The Morgan fingerprint density at radius 1 is 1.29 bits per heavy atom. The van der Waals surface area contributed by atoms with Crippen molar-refractivity contribution in [2.45, 2.75) is 6.42 Å². The van der Waals surface area contributed by atoms with Crippen molar-refractivity contribution in [3.8, 4) is 11.5 Å². The molecule has 0 fully saturated rings. The van der Waals surface area contributed by atoms with Crippen molar-refractivity contribution in [2.24, 2.45) is 0 Å². The number of H-pyrrole nitrogens is 1. The Labute approximate surface area is 98.4 Å². The third-order valence-electron chi connectivity index (χ3n) is 2.48. The number of aromatic amines is 1. The first-order chi connectivity index (χ1) is 8.26. The highest BCUT2D eigenvalue weighted by Gasteiger charge is 2.15. The Morgan fingerprint density at radius 2 is 2.12 bits per heavy atom. The second-order valence-corrected chi connectivity index (χ2v) is 3.49. The number of benzene rings is 1. The van der Waals surface area contributed by atoms with Crippen molar-refractivity contribution in [3.05, 3.63) is 41.7 Å². The molecule has 1 aromatic heterocycles. The van der Waals surface area contributed by atoms with Gasteiger partial charge in [-0.3, -0.25) is 0 Å². The molecule has 90 valence electrons. The molecule has 0 bridgehead atoms. The summed E-state index contributed by atoms with van der Waals surface area (Å²) in [6.45, 7) is 0. The van der Waals surface area contributed by atoms with Crippen LogP contribution >= 0.6 is 0 Å². The summed E-state index contributed by atoms with van der Waals surface area (Å²) in [5.74, 6) is 0.795. The minimum absolute atomic E-state index is 0.122. The third kappa shape index (κ3) is 2.22. The van der Waals surface area contributed by atoms with E-state index in [0.29, 0.717) is 23.6 Å². The predicted molar refractivity (Wildman–Crippen MR) is 60.9 cm³/mol. The minimum Gasteiger partial charge on any atom is -0.493 e. The maximum Gasteiger partial charge on any atom is 0.197 e. The highest BCUT2D eigenvalue weighted by molar-refractivity contribution is 5.45. The van der Waals surface area contributed by atoms with E-state index >= 15 is 0 Å². The Hall–Kier alpha value is -2.04. The molecule has 0 atom stereocenters. The number of nitrogens with zero attached hydrogens (tertiary/aromatic N) is 1. The monoisotopic (exact) mass is 236 g/mol. The van der Waals surface area contributed by atoms with Gasteiger partial charge >= 0.3 is 0 Å². The minimum atomic E-state index is -0.414. The van der Waals surface area contributed by atoms with E-state index in [4.69, 9.17) is 9.47 Å². The number of hydrogen-bond donors (Lipinski definition) is 1. The first-order valence-electron chi connectivity index (χ1n) is 5.14. The maximum absolute atomic E-state index is 14.1. The molecule has 0 saturated heterocycles. The van der Waals surface area contributed by atoms with Gasteiger partial charge in [0.25, 0.3) is 0 Å². The van der Waals surface area contributed by atoms with E-state index in [9.17, 15) is 4.39 Å². The van der Waals surface area contributed by atoms with E-state index in [0.717, 1.165) is 0 Å². The van der Waals surface area contributed by atoms with Gasteiger partial charge in [-0.15, -0.1) is 0 Å². The van der Waals surface area contributed by atoms with Crippen LogP contribution < -0.4 is 9.47 Å². The van der Waals surface area contributed by atoms with Crippen LogP contribution in [0.4, 0.5) is 4.39 Å². The molecule has 2 aromatic rings. The van der Waals surface area contributed by atoms with E-state index in [-0.39, 0.29) is 5.75 Å². The number of halogens is 1. The SMILES string of the molecule is COc1ccc(Cc2ncc[nH]2)c(F)c1OC. The van der Waals surface area contributed by atoms with Gasteiger partial charge in [0.1, 0.15) is 5.82 Å². The van der Waals surface area contributed by atoms with Crippen molar-refractivity contribution < 1.29 is 13.9 Å². The Morgan fingerprint density at radius 3 is 2.71 bits per heavy atom. The number of nitrogens with one attached hydrogen (secondary N) is 1. The fraction of sp³-hybridized carbons (Fsp3) is 0.250. The number of hydrogen-bond acceptors (Lipinski definition) is 3. The van der Waals surface area contributed by atoms with Gasteiger partial charge in [0.05, 0.1) is 14.2 Å². The Balaban J connectivity index is 2.35. The number of methoxy groups -OCH3 is 2. The Bertz CT molecular complexity index is 497. The van der Waals surface area contributed by atoms with E-state index in [2.05, 4.69) is 9.97 Å². The molecule has 0 aliphatic rings. The van der Waals surface area contributed by atoms with Crippen LogP contribution in [-0.2, 0) is 6.42 Å². The quantitative estimate of drug-likeness (QED) is 0.884. The zero-order chi connectivity index (χ0) is 12.3. The molecular formula is C12H13FN2O2. The number of rotatable bonds is 4. The van der Waals surface area contributed by atoms with Crippen molar-refractivity contribution >= 4 is 0 Å². The molecule has 5 heteroatoms. The van der Waals surface area contributed by atoms with Crippen LogP contribution in [0.3, 0.4) is 0 Å². The number of imidazole rings is 1. The zero-order valence-corrected chi connectivity index (χ0v) is 9.66. The van der Waals surface area contributed by atoms with Crippen LogP contribution in [0.1, 0.15) is 11.4 Å². The van der Waals surface area contributed by atoms with Gasteiger partial charge < -0.3 is 14.5 Å². The lowest BCUT2D eigenvalue weighted by atomic mass is 10.1. The molecule has 2 rings (SSSR count). The topological polar surface area (TPSA) is 47.1 Å². The molecular weight excluding hydrogens is 223 g/mol. The smallest absolute Gasteiger partial charge is 0.197 e. The summed E-state index contributed by atoms with van der Waals surface area (Å²) in [7, 11) is 2.89. The van der Waals surface area contributed by atoms with Gasteiger partial charge in [-0.1, -0.05) is 6.07 Å². The molecule has 1 aromatic carbocycles. The third-order valence-corrected chi connectivity index (χ3v) is 2.48. The highest BCUT2D eigenvalue weighted by atomic mass is 19.1. The summed E-state index contributed by atoms with van der Waals surface area (Å²) in [5.41, 5.74) is 0.512. The van der Waals surface area contributed by atoms with Crippen LogP contribution in [0.5, 0.6) is 11.5 Å². The average molecular weight is 236 g/mol. The zero-order valence-electron chi connectivity index (χ0n) is 9.66. The van der Waals surface area contributed by atoms with Gasteiger partial charge in [0, 0.05) is 18.8 Å². The fourth-order valence-electron chi connectivity index (χ4n) is 1.64. The van der Waals surface area contributed by atoms with Crippen molar-refractivity contribution in [2.75, 3.05) is 14.2 Å². The van der Waals surface area contributed by atoms with Crippen LogP contribution in [0.15, 0.2) is 24.5 Å². The summed E-state index contributed by atoms with van der Waals surface area (Å²) in [6, 6.07) is 3.35. The maximum atomic E-state index is 14.1. The molecule has 0 aliphatic carbocycles. The van der Waals surface area contributed by atoms with Crippen LogP contribution in [-0.4, -0.2) is 24.2 Å². The fourth-order valence-corrected chi connectivity index (χ4v) is 1.64. The molecule has 1 N–H and O–H groups in total. The van der Waals surface area contributed by atoms with Crippen molar-refractivity contribution in [1.82, 2.24) is 9.97 Å². The lowest BCUT2D eigenvalue weighted by Gasteiger charge is -2.10. The van der Waals surface area contributed by atoms with E-state index < -0.39 is 5.82 Å². The van der Waals surface area contributed by atoms with Crippen molar-refractivity contribution in [1.29, 1.82) is 0 Å². The lowest BCUT2D eigenvalue weighted by Crippen LogP contribution is -2.00. The van der Waals surface area contributed by atoms with Gasteiger partial charge in [0.2, 0.25) is 0 Å². The van der Waals surface area contributed by atoms with E-state index in [1.54, 1.807) is 24.5 Å². The standard InChI is InChI=1S/C12H13FN2O2/c1-16-9-4-3-8(11(13)12(9)17-2)7-10-14-5-6-15-10/h3-6H,7H2,1-2H3,(H,14,15). The van der Waals surface area contributed by atoms with Crippen molar-refractivity contribution in [3.63, 3.8) is 0 Å². The summed E-state index contributed by atoms with van der Waals surface area (Å²) in [6.07, 6.45) is 3.72. The summed E-state index contributed by atoms with van der Waals surface area (Å²) in [5, 5.41) is 0. The number of aromatic nitrogens is 2. The largest absolute Gasteiger partial charge is 0.493 e. The Kier molecular flexibility index (Phi) is 3.27. The van der Waals surface area contributed by atoms with E-state index in [1.165, 1.54) is 14.2 Å². The first kappa shape index (κ1) is 11.4. The highest BCUT2D eigenvalue weighted by Crippen LogP contribution is 2.32. The second kappa shape index (κ2) is 4.86. The summed E-state index contributed by atoms with van der Waals surface area (Å²) >= 11 is 0. The number of ether oxygens (including phenoxy) is 2. The molecule has 0 spiro atoms. The van der Waals surface area contributed by atoms with Crippen LogP contribution in [0.2, 0.25) is 0 Å². The van der Waals surface area contributed by atoms with Gasteiger partial charge in [-0.25, -0.2) is 9.37 Å². The summed E-state index contributed by atoms with van der Waals surface area (Å²) in [4.78, 5) is 6.99. The van der Waals surface area contributed by atoms with Crippen LogP contribution in [0, 0.1) is 5.82 Å². The van der Waals surface area contributed by atoms with Gasteiger partial charge in [-0.05, 0) is 11.6 Å². The molecule has 0 radical (unpaired) electrons. The van der Waals surface area contributed by atoms with Gasteiger partial charge in [0.15, 0.2) is 17.3 Å². The predicted octanol–water partition coefficient (Wildman–Crippen LogP) is 2.16. The molecule has 4 nitrogen and oxygen atoms in total. The normalized spacial score (nSPS) is 10.3.